The average Bonchev–Trinajstić information content (AvgIpc) is 3.42. The maximum Gasteiger partial charge on any atom is 0.248 e. The van der Waals surface area contributed by atoms with E-state index < -0.39 is 30.0 Å². The number of halogens is 4. The summed E-state index contributed by atoms with van der Waals surface area (Å²) in [7, 11) is 1.65. The number of amides is 3. The average molecular weight is 635 g/mol. The summed E-state index contributed by atoms with van der Waals surface area (Å²) in [5.74, 6) is -3.41. The highest BCUT2D eigenvalue weighted by Gasteiger charge is 2.47. The Balaban J connectivity index is 0.00000242. The second kappa shape index (κ2) is 14.5. The summed E-state index contributed by atoms with van der Waals surface area (Å²) in [6, 6.07) is 5.25. The largest absolute Gasteiger partial charge is 0.493 e. The van der Waals surface area contributed by atoms with Crippen molar-refractivity contribution in [1.82, 2.24) is 25.8 Å². The third-order valence-electron chi connectivity index (χ3n) is 9.17. The van der Waals surface area contributed by atoms with E-state index in [1.165, 1.54) is 0 Å². The highest BCUT2D eigenvalue weighted by molar-refractivity contribution is 5.93. The molecule has 13 heteroatoms. The molecule has 9 nitrogen and oxygen atoms in total. The standard InChI is InChI=1S/C29H41F2N5O4.2ClH/c1-18(32-2)26(37)34-25(19-9-12-29(30,31)13-10-19)28(39)36-16-20-6-5-14-35(20)17-23(36)27(38)33-22-11-15-40-24-8-4-3-7-21(22)24;;/h3-4,7-8,18-20,22-23,25,32H,5-6,9-17H2,1-2H3,(H,33,38)(H,34,37);2*1H/t18-,20+,22+,23?,25-;;/m0../s1. The quantitative estimate of drug-likeness (QED) is 0.427. The maximum atomic E-state index is 14.3. The van der Waals surface area contributed by atoms with Crippen molar-refractivity contribution in [2.75, 3.05) is 33.3 Å². The third-order valence-corrected chi connectivity index (χ3v) is 9.17. The van der Waals surface area contributed by atoms with Crippen LogP contribution in [-0.2, 0) is 14.4 Å². The first kappa shape index (κ1) is 34.3. The van der Waals surface area contributed by atoms with E-state index >= 15 is 0 Å². The fraction of sp³-hybridized carbons (Fsp3) is 0.690. The maximum absolute atomic E-state index is 14.3. The van der Waals surface area contributed by atoms with Gasteiger partial charge in [-0.05, 0) is 58.2 Å². The summed E-state index contributed by atoms with van der Waals surface area (Å²) in [5.41, 5.74) is 0.907. The first-order valence-electron chi connectivity index (χ1n) is 14.6. The number of hydrogen-bond donors (Lipinski definition) is 3. The van der Waals surface area contributed by atoms with Crippen LogP contribution in [0, 0.1) is 5.92 Å². The number of carbonyl (C=O) groups is 3. The van der Waals surface area contributed by atoms with Gasteiger partial charge in [0.2, 0.25) is 23.6 Å². The molecule has 1 aromatic carbocycles. The minimum absolute atomic E-state index is 0. The van der Waals surface area contributed by atoms with Gasteiger partial charge >= 0.3 is 0 Å². The Morgan fingerprint density at radius 2 is 1.76 bits per heavy atom. The van der Waals surface area contributed by atoms with E-state index in [0.717, 1.165) is 30.7 Å². The molecular formula is C29H43Cl2F2N5O4. The number of piperazine rings is 1. The van der Waals surface area contributed by atoms with Crippen LogP contribution in [0.1, 0.15) is 63.5 Å². The van der Waals surface area contributed by atoms with Crippen LogP contribution in [0.4, 0.5) is 8.78 Å². The van der Waals surface area contributed by atoms with Crippen LogP contribution in [0.2, 0.25) is 0 Å². The third kappa shape index (κ3) is 7.46. The second-order valence-electron chi connectivity index (χ2n) is 11.7. The Morgan fingerprint density at radius 1 is 1.05 bits per heavy atom. The van der Waals surface area contributed by atoms with Crippen molar-refractivity contribution < 1.29 is 27.9 Å². The number of rotatable bonds is 7. The number of benzene rings is 1. The molecule has 0 bridgehead atoms. The lowest BCUT2D eigenvalue weighted by Crippen LogP contribution is -2.66. The van der Waals surface area contributed by atoms with Crippen LogP contribution in [0.25, 0.3) is 0 Å². The predicted molar refractivity (Wildman–Crippen MR) is 159 cm³/mol. The molecule has 3 amide bonds. The van der Waals surface area contributed by atoms with Gasteiger partial charge in [0.15, 0.2) is 0 Å². The first-order chi connectivity index (χ1) is 19.2. The number of nitrogens with zero attached hydrogens (tertiary/aromatic N) is 2. The van der Waals surface area contributed by atoms with Crippen molar-refractivity contribution >= 4 is 42.5 Å². The van der Waals surface area contributed by atoms with Gasteiger partial charge in [0.25, 0.3) is 0 Å². The molecule has 1 saturated carbocycles. The highest BCUT2D eigenvalue weighted by atomic mass is 35.5. The molecular weight excluding hydrogens is 591 g/mol. The van der Waals surface area contributed by atoms with Gasteiger partial charge < -0.3 is 25.6 Å². The number of para-hydroxylation sites is 1. The van der Waals surface area contributed by atoms with Crippen molar-refractivity contribution in [1.29, 1.82) is 0 Å². The first-order valence-corrected chi connectivity index (χ1v) is 14.6. The molecule has 3 N–H and O–H groups in total. The highest BCUT2D eigenvalue weighted by Crippen LogP contribution is 2.38. The van der Waals surface area contributed by atoms with Crippen LogP contribution in [0.3, 0.4) is 0 Å². The van der Waals surface area contributed by atoms with Crippen LogP contribution < -0.4 is 20.7 Å². The molecule has 3 aliphatic heterocycles. The monoisotopic (exact) mass is 633 g/mol. The fourth-order valence-corrected chi connectivity index (χ4v) is 6.61. The van der Waals surface area contributed by atoms with E-state index in [2.05, 4.69) is 20.9 Å². The number of hydrogen-bond acceptors (Lipinski definition) is 6. The zero-order valence-electron chi connectivity index (χ0n) is 24.2. The Hall–Kier alpha value is -2.21. The Kier molecular flexibility index (Phi) is 11.8. The molecule has 0 aromatic heterocycles. The molecule has 5 rings (SSSR count). The van der Waals surface area contributed by atoms with E-state index in [0.29, 0.717) is 26.1 Å². The molecule has 1 aliphatic carbocycles. The Bertz CT molecular complexity index is 1110. The summed E-state index contributed by atoms with van der Waals surface area (Å²) >= 11 is 0. The number of carbonyl (C=O) groups excluding carboxylic acids is 3. The molecule has 0 spiro atoms. The van der Waals surface area contributed by atoms with Crippen LogP contribution in [0.15, 0.2) is 24.3 Å². The molecule has 0 radical (unpaired) electrons. The molecule has 3 fully saturated rings. The summed E-state index contributed by atoms with van der Waals surface area (Å²) in [4.78, 5) is 45.0. The number of nitrogens with one attached hydrogen (secondary N) is 3. The van der Waals surface area contributed by atoms with Gasteiger partial charge in [-0.15, -0.1) is 24.8 Å². The zero-order valence-corrected chi connectivity index (χ0v) is 25.8. The van der Waals surface area contributed by atoms with Gasteiger partial charge in [-0.2, -0.15) is 0 Å². The minimum Gasteiger partial charge on any atom is -0.493 e. The molecule has 236 valence electrons. The summed E-state index contributed by atoms with van der Waals surface area (Å²) in [6.07, 6.45) is 2.17. The van der Waals surface area contributed by atoms with Gasteiger partial charge in [-0.1, -0.05) is 18.2 Å². The number of likely N-dealkylation sites (N-methyl/N-ethyl adjacent to an activating group) is 1. The van der Waals surface area contributed by atoms with Gasteiger partial charge in [-0.3, -0.25) is 19.3 Å². The SMILES string of the molecule is CN[C@@H](C)C(=O)N[C@H](C(=O)N1C[C@H]2CCCN2CC1C(=O)N[C@@H]1CCOc2ccccc21)C1CCC(F)(F)CC1.Cl.Cl. The summed E-state index contributed by atoms with van der Waals surface area (Å²) in [5, 5.41) is 8.92. The number of fused-ring (bicyclic) bond motifs is 2. The van der Waals surface area contributed by atoms with Crippen molar-refractivity contribution in [2.45, 2.75) is 88.0 Å². The smallest absolute Gasteiger partial charge is 0.248 e. The number of alkyl halides is 2. The lowest BCUT2D eigenvalue weighted by atomic mass is 9.81. The van der Waals surface area contributed by atoms with E-state index in [1.807, 2.05) is 24.3 Å². The lowest BCUT2D eigenvalue weighted by Gasteiger charge is -2.45. The van der Waals surface area contributed by atoms with E-state index in [1.54, 1.807) is 18.9 Å². The van der Waals surface area contributed by atoms with Gasteiger partial charge in [0.1, 0.15) is 17.8 Å². The molecule has 4 aliphatic rings. The molecule has 2 saturated heterocycles. The van der Waals surface area contributed by atoms with E-state index in [4.69, 9.17) is 4.74 Å². The van der Waals surface area contributed by atoms with Gasteiger partial charge in [-0.25, -0.2) is 8.78 Å². The zero-order chi connectivity index (χ0) is 28.4. The Labute approximate surface area is 258 Å². The Morgan fingerprint density at radius 3 is 2.48 bits per heavy atom. The van der Waals surface area contributed by atoms with E-state index in [9.17, 15) is 23.2 Å². The number of ether oxygens (including phenoxy) is 1. The van der Waals surface area contributed by atoms with Crippen molar-refractivity contribution in [3.8, 4) is 5.75 Å². The van der Waals surface area contributed by atoms with Crippen molar-refractivity contribution in [3.05, 3.63) is 29.8 Å². The molecule has 1 unspecified atom stereocenters. The normalized spacial score (nSPS) is 26.7. The van der Waals surface area contributed by atoms with Gasteiger partial charge in [0, 0.05) is 44.0 Å². The summed E-state index contributed by atoms with van der Waals surface area (Å²) < 4.78 is 33.8. The molecule has 3 heterocycles. The van der Waals surface area contributed by atoms with E-state index in [-0.39, 0.29) is 80.3 Å². The fourth-order valence-electron chi connectivity index (χ4n) is 6.61. The van der Waals surface area contributed by atoms with Crippen LogP contribution in [0.5, 0.6) is 5.75 Å². The topological polar surface area (TPSA) is 103 Å². The minimum atomic E-state index is -2.76. The second-order valence-corrected chi connectivity index (χ2v) is 11.7. The van der Waals surface area contributed by atoms with Crippen molar-refractivity contribution in [3.63, 3.8) is 0 Å². The van der Waals surface area contributed by atoms with Crippen molar-refractivity contribution in [2.24, 2.45) is 5.92 Å². The molecule has 1 aromatic rings. The van der Waals surface area contributed by atoms with Gasteiger partial charge in [0.05, 0.1) is 18.7 Å². The van der Waals surface area contributed by atoms with Crippen LogP contribution >= 0.6 is 24.8 Å². The molecule has 5 atom stereocenters. The predicted octanol–water partition coefficient (Wildman–Crippen LogP) is 3.06. The lowest BCUT2D eigenvalue weighted by molar-refractivity contribution is -0.150. The summed E-state index contributed by atoms with van der Waals surface area (Å²) in [6.45, 7) is 3.81. The molecule has 42 heavy (non-hydrogen) atoms. The van der Waals surface area contributed by atoms with Crippen LogP contribution in [-0.4, -0.2) is 90.9 Å².